The summed E-state index contributed by atoms with van der Waals surface area (Å²) in [6.07, 6.45) is 5.98. The summed E-state index contributed by atoms with van der Waals surface area (Å²) in [5, 5.41) is 0. The van der Waals surface area contributed by atoms with Crippen molar-refractivity contribution in [2.24, 2.45) is 0 Å². The fourth-order valence-electron chi connectivity index (χ4n) is 1.42. The minimum absolute atomic E-state index is 0. The molecule has 0 spiro atoms. The van der Waals surface area contributed by atoms with E-state index in [4.69, 9.17) is 0 Å². The van der Waals surface area contributed by atoms with Crippen molar-refractivity contribution in [3.05, 3.63) is 60.6 Å². The van der Waals surface area contributed by atoms with Crippen LogP contribution in [0.15, 0.2) is 48.8 Å². The van der Waals surface area contributed by atoms with E-state index in [9.17, 15) is 4.79 Å². The van der Waals surface area contributed by atoms with Gasteiger partial charge in [0.2, 0.25) is 0 Å². The topological polar surface area (TPSA) is 67.9 Å². The maximum absolute atomic E-state index is 9.63. The predicted octanol–water partition coefficient (Wildman–Crippen LogP) is 2.03. The minimum atomic E-state index is 0. The number of aromatic nitrogens is 3. The SMILES string of the molecule is O=[C-]OCc1ccccc1.[Yb+2].[c-]1cnc2[nH]ccc2n1. The smallest absolute Gasteiger partial charge is 0.650 e. The van der Waals surface area contributed by atoms with E-state index in [2.05, 4.69) is 25.9 Å². The molecule has 0 aliphatic rings. The zero-order chi connectivity index (χ0) is 13.3. The molecule has 0 aliphatic carbocycles. The van der Waals surface area contributed by atoms with Crippen molar-refractivity contribution < 1.29 is 56.5 Å². The predicted molar refractivity (Wildman–Crippen MR) is 69.6 cm³/mol. The Balaban J connectivity index is 0.000000191. The molecule has 5 nitrogen and oxygen atoms in total. The molecule has 1 aromatic carbocycles. The molecule has 2 heterocycles. The second-order valence-corrected chi connectivity index (χ2v) is 3.57. The molecule has 0 fully saturated rings. The van der Waals surface area contributed by atoms with E-state index in [0.29, 0.717) is 6.61 Å². The first-order valence-electron chi connectivity index (χ1n) is 5.59. The van der Waals surface area contributed by atoms with Gasteiger partial charge in [0.1, 0.15) is 0 Å². The molecule has 0 radical (unpaired) electrons. The number of nitrogens with one attached hydrogen (secondary N) is 1. The van der Waals surface area contributed by atoms with E-state index in [-0.39, 0.29) is 46.9 Å². The van der Waals surface area contributed by atoms with E-state index >= 15 is 0 Å². The number of hydrogen-bond acceptors (Lipinski definition) is 4. The Kier molecular flexibility index (Phi) is 8.18. The molecule has 0 unspecified atom stereocenters. The van der Waals surface area contributed by atoms with Crippen LogP contribution in [0.2, 0.25) is 0 Å². The van der Waals surface area contributed by atoms with Gasteiger partial charge in [-0.1, -0.05) is 36.8 Å². The molecule has 0 saturated heterocycles. The van der Waals surface area contributed by atoms with Gasteiger partial charge < -0.3 is 19.5 Å². The summed E-state index contributed by atoms with van der Waals surface area (Å²) in [5.41, 5.74) is 2.65. The number of H-pyrrole nitrogens is 1. The van der Waals surface area contributed by atoms with Gasteiger partial charge in [-0.3, -0.25) is 4.98 Å². The Morgan fingerprint density at radius 1 is 1.25 bits per heavy atom. The van der Waals surface area contributed by atoms with Gasteiger partial charge in [-0.05, 0) is 23.5 Å². The number of rotatable bonds is 3. The fourth-order valence-corrected chi connectivity index (χ4v) is 1.42. The van der Waals surface area contributed by atoms with Crippen molar-refractivity contribution in [2.45, 2.75) is 6.61 Å². The van der Waals surface area contributed by atoms with E-state index < -0.39 is 0 Å². The summed E-state index contributed by atoms with van der Waals surface area (Å²) in [6, 6.07) is 11.3. The molecule has 0 bridgehead atoms. The number of ether oxygens (including phenoxy) is 1. The molecule has 1 N–H and O–H groups in total. The van der Waals surface area contributed by atoms with E-state index in [1.807, 2.05) is 36.4 Å². The normalized spacial score (nSPS) is 9.00. The van der Waals surface area contributed by atoms with Crippen molar-refractivity contribution in [3.8, 4) is 0 Å². The van der Waals surface area contributed by atoms with Crippen molar-refractivity contribution in [2.75, 3.05) is 0 Å². The zero-order valence-corrected chi connectivity index (χ0v) is 12.0. The van der Waals surface area contributed by atoms with Crippen LogP contribution in [-0.2, 0) is 16.1 Å². The number of carbonyl (C=O) groups excluding carboxylic acids is 1. The third kappa shape index (κ3) is 5.44. The Bertz CT molecular complexity index is 598. The van der Waals surface area contributed by atoms with Crippen LogP contribution in [0.1, 0.15) is 5.56 Å². The first-order valence-corrected chi connectivity index (χ1v) is 5.59. The molecule has 0 aliphatic heterocycles. The summed E-state index contributed by atoms with van der Waals surface area (Å²) in [5.74, 6) is 0. The van der Waals surface area contributed by atoms with Crippen LogP contribution >= 0.6 is 0 Å². The Labute approximate surface area is 155 Å². The van der Waals surface area contributed by atoms with Crippen LogP contribution in [0.3, 0.4) is 0 Å². The monoisotopic (exact) mass is 427 g/mol. The fraction of sp³-hybridized carbons (Fsp3) is 0.0714. The summed E-state index contributed by atoms with van der Waals surface area (Å²) < 4.78 is 4.41. The zero-order valence-electron chi connectivity index (χ0n) is 10.3. The largest absolute Gasteiger partial charge is 2.00 e. The molecular formula is C14H11N3O2Yb. The van der Waals surface area contributed by atoms with Crippen LogP contribution in [-0.4, -0.2) is 21.4 Å². The molecule has 20 heavy (non-hydrogen) atoms. The van der Waals surface area contributed by atoms with E-state index in [1.165, 1.54) is 6.47 Å². The molecular weight excluding hydrogens is 415 g/mol. The second-order valence-electron chi connectivity index (χ2n) is 3.57. The molecule has 0 amide bonds. The average molecular weight is 426 g/mol. The van der Waals surface area contributed by atoms with Crippen LogP contribution in [0.4, 0.5) is 0 Å². The molecule has 3 aromatic rings. The first-order chi connectivity index (χ1) is 9.40. The Morgan fingerprint density at radius 3 is 2.75 bits per heavy atom. The van der Waals surface area contributed by atoms with Crippen molar-refractivity contribution in [1.82, 2.24) is 15.0 Å². The molecule has 0 saturated carbocycles. The second kappa shape index (κ2) is 9.69. The standard InChI is InChI=1S/C8H7O2.C6H4N3.Yb/c9-7-10-6-8-4-2-1-3-5-8;1-2-8-6-5(1)7-3-4-9-6;/h1-5H,6H2;1-2,4H,(H,8,9);/q2*-1;+2. The van der Waals surface area contributed by atoms with Gasteiger partial charge in [0.25, 0.3) is 0 Å². The molecule has 0 atom stereocenters. The van der Waals surface area contributed by atoms with Crippen molar-refractivity contribution in [3.63, 3.8) is 0 Å². The van der Waals surface area contributed by atoms with Crippen molar-refractivity contribution >= 4 is 17.6 Å². The summed E-state index contributed by atoms with van der Waals surface area (Å²) in [7, 11) is 0. The maximum atomic E-state index is 9.63. The third-order valence-corrected chi connectivity index (χ3v) is 2.28. The van der Waals surface area contributed by atoms with Gasteiger partial charge in [0.15, 0.2) is 0 Å². The summed E-state index contributed by atoms with van der Waals surface area (Å²) in [4.78, 5) is 20.4. The number of hydrogen-bond donors (Lipinski definition) is 1. The quantitative estimate of drug-likeness (QED) is 0.651. The molecule has 3 rings (SSSR count). The van der Waals surface area contributed by atoms with Crippen LogP contribution in [0.5, 0.6) is 0 Å². The van der Waals surface area contributed by atoms with Crippen LogP contribution in [0.25, 0.3) is 11.2 Å². The number of benzene rings is 1. The van der Waals surface area contributed by atoms with Gasteiger partial charge in [0, 0.05) is 0 Å². The third-order valence-electron chi connectivity index (χ3n) is 2.28. The number of aromatic amines is 1. The Morgan fingerprint density at radius 2 is 2.05 bits per heavy atom. The van der Waals surface area contributed by atoms with Gasteiger partial charge in [-0.2, -0.15) is 0 Å². The minimum Gasteiger partial charge on any atom is -0.650 e. The summed E-state index contributed by atoms with van der Waals surface area (Å²) >= 11 is 0. The summed E-state index contributed by atoms with van der Waals surface area (Å²) in [6.45, 7) is 1.68. The van der Waals surface area contributed by atoms with Crippen LogP contribution in [0, 0.1) is 53.1 Å². The number of nitrogens with zero attached hydrogens (tertiary/aromatic N) is 2. The molecule has 2 aromatic heterocycles. The van der Waals surface area contributed by atoms with Gasteiger partial charge in [0.05, 0.1) is 12.3 Å². The first kappa shape index (κ1) is 16.9. The molecule has 6 heteroatoms. The average Bonchev–Trinajstić information content (AvgIpc) is 2.95. The maximum Gasteiger partial charge on any atom is 2.00 e. The van der Waals surface area contributed by atoms with Crippen LogP contribution < -0.4 is 0 Å². The van der Waals surface area contributed by atoms with Gasteiger partial charge in [-0.25, -0.2) is 0 Å². The Hall–Kier alpha value is -1.17. The van der Waals surface area contributed by atoms with Gasteiger partial charge >= 0.3 is 46.9 Å². The van der Waals surface area contributed by atoms with E-state index in [0.717, 1.165) is 16.7 Å². The van der Waals surface area contributed by atoms with Gasteiger partial charge in [-0.15, -0.1) is 12.3 Å². The van der Waals surface area contributed by atoms with Crippen molar-refractivity contribution in [1.29, 1.82) is 0 Å². The number of fused-ring (bicyclic) bond motifs is 1. The van der Waals surface area contributed by atoms with E-state index in [1.54, 1.807) is 12.4 Å². The molecule has 108 valence electrons.